The normalized spacial score (nSPS) is 11.7. The Kier molecular flexibility index (Phi) is 3.02. The van der Waals surface area contributed by atoms with E-state index in [2.05, 4.69) is 5.10 Å². The van der Waals surface area contributed by atoms with Crippen LogP contribution in [0.4, 0.5) is 13.2 Å². The fourth-order valence-electron chi connectivity index (χ4n) is 0.809. The SMILES string of the molecule is O=C(O)Cn1cc(I)c(C(F)(F)F)n1. The van der Waals surface area contributed by atoms with Gasteiger partial charge < -0.3 is 5.11 Å². The van der Waals surface area contributed by atoms with Crippen LogP contribution in [0.25, 0.3) is 0 Å². The standard InChI is InChI=1S/C6H4F3IN2O2/c7-6(8,9)5-3(10)1-12(11-5)2-4(13)14/h1H,2H2,(H,13,14). The van der Waals surface area contributed by atoms with Crippen LogP contribution in [0, 0.1) is 3.57 Å². The molecule has 1 N–H and O–H groups in total. The Balaban J connectivity index is 2.99. The minimum Gasteiger partial charge on any atom is -0.480 e. The molecule has 8 heteroatoms. The summed E-state index contributed by atoms with van der Waals surface area (Å²) in [6, 6.07) is 0. The van der Waals surface area contributed by atoms with Gasteiger partial charge in [0, 0.05) is 6.20 Å². The Morgan fingerprint density at radius 2 is 2.21 bits per heavy atom. The molecule has 0 saturated heterocycles. The van der Waals surface area contributed by atoms with Gasteiger partial charge in [0.05, 0.1) is 3.57 Å². The predicted octanol–water partition coefficient (Wildman–Crippen LogP) is 1.59. The average molecular weight is 320 g/mol. The summed E-state index contributed by atoms with van der Waals surface area (Å²) in [4.78, 5) is 10.2. The molecule has 0 fully saturated rings. The first-order valence-corrected chi connectivity index (χ1v) is 4.40. The smallest absolute Gasteiger partial charge is 0.436 e. The molecule has 1 aromatic heterocycles. The average Bonchev–Trinajstić information content (AvgIpc) is 2.27. The summed E-state index contributed by atoms with van der Waals surface area (Å²) in [7, 11) is 0. The van der Waals surface area contributed by atoms with Crippen LogP contribution in [-0.4, -0.2) is 20.9 Å². The van der Waals surface area contributed by atoms with Crippen LogP contribution in [0.1, 0.15) is 5.69 Å². The molecule has 14 heavy (non-hydrogen) atoms. The van der Waals surface area contributed by atoms with Crippen molar-refractivity contribution in [2.24, 2.45) is 0 Å². The molecule has 1 heterocycles. The number of alkyl halides is 3. The van der Waals surface area contributed by atoms with Crippen molar-refractivity contribution in [2.45, 2.75) is 12.7 Å². The molecule has 1 aromatic rings. The summed E-state index contributed by atoms with van der Waals surface area (Å²) in [5.41, 5.74) is -1.06. The Hall–Kier alpha value is -0.800. The number of rotatable bonds is 2. The van der Waals surface area contributed by atoms with Gasteiger partial charge in [-0.2, -0.15) is 18.3 Å². The summed E-state index contributed by atoms with van der Waals surface area (Å²) in [6.07, 6.45) is -3.50. The highest BCUT2D eigenvalue weighted by Gasteiger charge is 2.36. The zero-order chi connectivity index (χ0) is 10.9. The van der Waals surface area contributed by atoms with Gasteiger partial charge in [-0.25, -0.2) is 0 Å². The van der Waals surface area contributed by atoms with E-state index in [0.717, 1.165) is 10.9 Å². The van der Waals surface area contributed by atoms with Crippen LogP contribution < -0.4 is 0 Å². The number of nitrogens with zero attached hydrogens (tertiary/aromatic N) is 2. The lowest BCUT2D eigenvalue weighted by molar-refractivity contribution is -0.143. The molecule has 4 nitrogen and oxygen atoms in total. The summed E-state index contributed by atoms with van der Waals surface area (Å²) in [5, 5.41) is 11.4. The molecule has 0 aliphatic carbocycles. The third kappa shape index (κ3) is 2.59. The van der Waals surface area contributed by atoms with Gasteiger partial charge in [0.15, 0.2) is 5.69 Å². The minimum absolute atomic E-state index is 0.114. The predicted molar refractivity (Wildman–Crippen MR) is 47.6 cm³/mol. The minimum atomic E-state index is -4.54. The zero-order valence-electron chi connectivity index (χ0n) is 6.55. The molecule has 0 bridgehead atoms. The number of hydrogen-bond acceptors (Lipinski definition) is 2. The second-order valence-electron chi connectivity index (χ2n) is 2.41. The fraction of sp³-hybridized carbons (Fsp3) is 0.333. The number of aromatic nitrogens is 2. The Bertz CT molecular complexity index is 360. The first-order valence-electron chi connectivity index (χ1n) is 3.32. The van der Waals surface area contributed by atoms with E-state index >= 15 is 0 Å². The van der Waals surface area contributed by atoms with Crippen molar-refractivity contribution in [3.8, 4) is 0 Å². The summed E-state index contributed by atoms with van der Waals surface area (Å²) < 4.78 is 37.1. The maximum atomic E-state index is 12.2. The van der Waals surface area contributed by atoms with E-state index < -0.39 is 24.4 Å². The number of carboxylic acids is 1. The Labute approximate surface area is 89.8 Å². The van der Waals surface area contributed by atoms with Crippen LogP contribution in [0.15, 0.2) is 6.20 Å². The lowest BCUT2D eigenvalue weighted by Gasteiger charge is -2.01. The van der Waals surface area contributed by atoms with Crippen LogP contribution in [0.3, 0.4) is 0 Å². The lowest BCUT2D eigenvalue weighted by atomic mass is 10.4. The molecule has 0 aliphatic rings. The number of hydrogen-bond donors (Lipinski definition) is 1. The molecule has 0 radical (unpaired) electrons. The van der Waals surface area contributed by atoms with E-state index in [9.17, 15) is 18.0 Å². The molecule has 0 amide bonds. The number of carboxylic acid groups (broad SMARTS) is 1. The fourth-order valence-corrected chi connectivity index (χ4v) is 1.54. The molecule has 78 valence electrons. The van der Waals surface area contributed by atoms with E-state index in [1.54, 1.807) is 0 Å². The second-order valence-corrected chi connectivity index (χ2v) is 3.58. The molecule has 0 spiro atoms. The summed E-state index contributed by atoms with van der Waals surface area (Å²) in [5.74, 6) is -1.24. The largest absolute Gasteiger partial charge is 0.480 e. The zero-order valence-corrected chi connectivity index (χ0v) is 8.70. The first-order chi connectivity index (χ1) is 6.30. The lowest BCUT2D eigenvalue weighted by Crippen LogP contribution is -2.12. The maximum absolute atomic E-state index is 12.2. The second kappa shape index (κ2) is 3.75. The molecule has 1 rings (SSSR count). The van der Waals surface area contributed by atoms with Crippen molar-refractivity contribution in [1.29, 1.82) is 0 Å². The van der Waals surface area contributed by atoms with Crippen molar-refractivity contribution < 1.29 is 23.1 Å². The third-order valence-corrected chi connectivity index (χ3v) is 2.07. The van der Waals surface area contributed by atoms with Gasteiger partial charge in [-0.1, -0.05) is 0 Å². The van der Waals surface area contributed by atoms with E-state index in [1.807, 2.05) is 0 Å². The maximum Gasteiger partial charge on any atom is 0.436 e. The van der Waals surface area contributed by atoms with Crippen LogP contribution in [0.2, 0.25) is 0 Å². The van der Waals surface area contributed by atoms with E-state index in [0.29, 0.717) is 0 Å². The monoisotopic (exact) mass is 320 g/mol. The topological polar surface area (TPSA) is 55.1 Å². The quantitative estimate of drug-likeness (QED) is 0.842. The molecular weight excluding hydrogens is 316 g/mol. The van der Waals surface area contributed by atoms with Gasteiger partial charge in [-0.05, 0) is 22.6 Å². The van der Waals surface area contributed by atoms with E-state index in [4.69, 9.17) is 5.11 Å². The van der Waals surface area contributed by atoms with Crippen LogP contribution in [-0.2, 0) is 17.5 Å². The molecular formula is C6H4F3IN2O2. The van der Waals surface area contributed by atoms with Gasteiger partial charge in [-0.15, -0.1) is 0 Å². The number of halogens is 4. The molecule has 0 atom stereocenters. The molecule has 0 saturated carbocycles. The third-order valence-electron chi connectivity index (χ3n) is 1.28. The van der Waals surface area contributed by atoms with Crippen molar-refractivity contribution in [3.63, 3.8) is 0 Å². The highest BCUT2D eigenvalue weighted by Crippen LogP contribution is 2.31. The van der Waals surface area contributed by atoms with E-state index in [-0.39, 0.29) is 3.57 Å². The van der Waals surface area contributed by atoms with Gasteiger partial charge in [0.2, 0.25) is 0 Å². The first kappa shape index (κ1) is 11.3. The summed E-state index contributed by atoms with van der Waals surface area (Å²) in [6.45, 7) is -0.577. The van der Waals surface area contributed by atoms with Crippen LogP contribution >= 0.6 is 22.6 Å². The van der Waals surface area contributed by atoms with Gasteiger partial charge in [0.1, 0.15) is 6.54 Å². The summed E-state index contributed by atoms with van der Waals surface area (Å²) >= 11 is 1.46. The van der Waals surface area contributed by atoms with Crippen molar-refractivity contribution in [3.05, 3.63) is 15.5 Å². The van der Waals surface area contributed by atoms with Gasteiger partial charge in [-0.3, -0.25) is 9.48 Å². The van der Waals surface area contributed by atoms with Crippen LogP contribution in [0.5, 0.6) is 0 Å². The Morgan fingerprint density at radius 1 is 1.64 bits per heavy atom. The van der Waals surface area contributed by atoms with Crippen molar-refractivity contribution in [1.82, 2.24) is 9.78 Å². The van der Waals surface area contributed by atoms with Crippen molar-refractivity contribution >= 4 is 28.6 Å². The molecule has 0 unspecified atom stereocenters. The molecule has 0 aromatic carbocycles. The molecule has 0 aliphatic heterocycles. The van der Waals surface area contributed by atoms with Gasteiger partial charge in [0.25, 0.3) is 0 Å². The number of carbonyl (C=O) groups is 1. The Morgan fingerprint density at radius 3 is 2.57 bits per heavy atom. The number of aliphatic carboxylic acids is 1. The highest BCUT2D eigenvalue weighted by molar-refractivity contribution is 14.1. The van der Waals surface area contributed by atoms with E-state index in [1.165, 1.54) is 22.6 Å². The van der Waals surface area contributed by atoms with Crippen molar-refractivity contribution in [2.75, 3.05) is 0 Å². The highest BCUT2D eigenvalue weighted by atomic mass is 127. The van der Waals surface area contributed by atoms with Gasteiger partial charge >= 0.3 is 12.1 Å².